The third kappa shape index (κ3) is 3.36. The first kappa shape index (κ1) is 16.7. The molecule has 128 valence electrons. The van der Waals surface area contributed by atoms with Crippen LogP contribution in [0.4, 0.5) is 0 Å². The lowest BCUT2D eigenvalue weighted by Crippen LogP contribution is -2.35. The molecule has 1 aliphatic rings. The molecule has 24 heavy (non-hydrogen) atoms. The smallest absolute Gasteiger partial charge is 0.274 e. The molecule has 5 nitrogen and oxygen atoms in total. The molecule has 1 aromatic heterocycles. The van der Waals surface area contributed by atoms with Crippen LogP contribution in [0.1, 0.15) is 40.7 Å². The van der Waals surface area contributed by atoms with Crippen LogP contribution < -0.4 is 5.32 Å². The van der Waals surface area contributed by atoms with Gasteiger partial charge in [0.15, 0.2) is 5.69 Å². The molecule has 0 radical (unpaired) electrons. The minimum absolute atomic E-state index is 0.00727. The van der Waals surface area contributed by atoms with Gasteiger partial charge in [-0.3, -0.25) is 9.48 Å². The van der Waals surface area contributed by atoms with E-state index in [4.69, 9.17) is 0 Å². The molecular weight excluding hydrogens is 300 g/mol. The molecule has 0 spiro atoms. The summed E-state index contributed by atoms with van der Waals surface area (Å²) in [6.07, 6.45) is 2.97. The summed E-state index contributed by atoms with van der Waals surface area (Å²) in [6.45, 7) is 3.68. The van der Waals surface area contributed by atoms with Crippen molar-refractivity contribution >= 4 is 5.91 Å². The van der Waals surface area contributed by atoms with Crippen molar-refractivity contribution in [3.05, 3.63) is 52.8 Å². The molecule has 0 aliphatic heterocycles. The first-order valence-corrected chi connectivity index (χ1v) is 8.67. The fourth-order valence-electron chi connectivity index (χ4n) is 3.53. The second-order valence-electron chi connectivity index (χ2n) is 6.54. The summed E-state index contributed by atoms with van der Waals surface area (Å²) in [5, 5.41) is 8.06. The lowest BCUT2D eigenvalue weighted by molar-refractivity contribution is 0.0777. The number of aryl methyl sites for hydroxylation is 1. The van der Waals surface area contributed by atoms with E-state index in [1.54, 1.807) is 4.90 Å². The van der Waals surface area contributed by atoms with Gasteiger partial charge in [-0.2, -0.15) is 5.10 Å². The lowest BCUT2D eigenvalue weighted by Gasteiger charge is -2.24. The number of aromatic nitrogens is 2. The van der Waals surface area contributed by atoms with Crippen molar-refractivity contribution in [3.63, 3.8) is 0 Å². The van der Waals surface area contributed by atoms with Crippen molar-refractivity contribution in [3.8, 4) is 0 Å². The molecule has 1 aromatic carbocycles. The third-order valence-electron chi connectivity index (χ3n) is 4.76. The molecule has 1 N–H and O–H groups in total. The molecule has 0 saturated heterocycles. The molecular formula is C19H26N4O. The summed E-state index contributed by atoms with van der Waals surface area (Å²) in [5.74, 6) is 0.00727. The average Bonchev–Trinajstić information content (AvgIpc) is 2.92. The monoisotopic (exact) mass is 326 g/mol. The quantitative estimate of drug-likeness (QED) is 0.916. The summed E-state index contributed by atoms with van der Waals surface area (Å²) in [4.78, 5) is 14.7. The fraction of sp³-hybridized carbons (Fsp3) is 0.474. The molecule has 1 unspecified atom stereocenters. The summed E-state index contributed by atoms with van der Waals surface area (Å²) < 4.78 is 1.89. The number of hydrogen-bond acceptors (Lipinski definition) is 3. The van der Waals surface area contributed by atoms with E-state index < -0.39 is 0 Å². The van der Waals surface area contributed by atoms with E-state index in [0.717, 1.165) is 36.9 Å². The van der Waals surface area contributed by atoms with Crippen LogP contribution in [0, 0.1) is 0 Å². The van der Waals surface area contributed by atoms with E-state index in [0.29, 0.717) is 18.3 Å². The van der Waals surface area contributed by atoms with Gasteiger partial charge in [0.2, 0.25) is 0 Å². The summed E-state index contributed by atoms with van der Waals surface area (Å²) in [7, 11) is 3.79. The molecule has 2 aromatic rings. The van der Waals surface area contributed by atoms with E-state index in [9.17, 15) is 4.79 Å². The number of amides is 1. The topological polar surface area (TPSA) is 50.2 Å². The summed E-state index contributed by atoms with van der Waals surface area (Å²) in [6, 6.07) is 10.5. The number of likely N-dealkylation sites (N-methyl/N-ethyl adjacent to an activating group) is 1. The van der Waals surface area contributed by atoms with Crippen LogP contribution in [0.2, 0.25) is 0 Å². The van der Waals surface area contributed by atoms with Crippen LogP contribution in [0.25, 0.3) is 0 Å². The Labute approximate surface area is 143 Å². The minimum Gasteiger partial charge on any atom is -0.336 e. The maximum atomic E-state index is 12.9. The van der Waals surface area contributed by atoms with Gasteiger partial charge in [-0.05, 0) is 31.4 Å². The largest absolute Gasteiger partial charge is 0.336 e. The number of carbonyl (C=O) groups excluding carboxylic acids is 1. The molecule has 1 atom stereocenters. The second-order valence-corrected chi connectivity index (χ2v) is 6.54. The van der Waals surface area contributed by atoms with E-state index in [-0.39, 0.29) is 5.91 Å². The van der Waals surface area contributed by atoms with Crippen LogP contribution in [0.5, 0.6) is 0 Å². The number of hydrogen-bond donors (Lipinski definition) is 1. The van der Waals surface area contributed by atoms with Crippen molar-refractivity contribution in [2.75, 3.05) is 13.6 Å². The van der Waals surface area contributed by atoms with Crippen molar-refractivity contribution in [1.29, 1.82) is 0 Å². The fourth-order valence-corrected chi connectivity index (χ4v) is 3.53. The van der Waals surface area contributed by atoms with Crippen molar-refractivity contribution < 1.29 is 4.79 Å². The first-order valence-electron chi connectivity index (χ1n) is 8.67. The van der Waals surface area contributed by atoms with Crippen LogP contribution in [0.3, 0.4) is 0 Å². The van der Waals surface area contributed by atoms with Gasteiger partial charge in [-0.25, -0.2) is 0 Å². The highest BCUT2D eigenvalue weighted by atomic mass is 16.2. The van der Waals surface area contributed by atoms with Crippen LogP contribution >= 0.6 is 0 Å². The Morgan fingerprint density at radius 3 is 2.83 bits per heavy atom. The molecule has 0 bridgehead atoms. The second kappa shape index (κ2) is 7.18. The Morgan fingerprint density at radius 2 is 2.12 bits per heavy atom. The van der Waals surface area contributed by atoms with Gasteiger partial charge < -0.3 is 10.2 Å². The highest BCUT2D eigenvalue weighted by Gasteiger charge is 2.29. The summed E-state index contributed by atoms with van der Waals surface area (Å²) in [5.41, 5.74) is 4.08. The third-order valence-corrected chi connectivity index (χ3v) is 4.76. The predicted molar refractivity (Wildman–Crippen MR) is 94.9 cm³/mol. The first-order chi connectivity index (χ1) is 11.6. The van der Waals surface area contributed by atoms with E-state index in [2.05, 4.69) is 17.3 Å². The maximum Gasteiger partial charge on any atom is 0.274 e. The molecule has 1 aliphatic carbocycles. The number of carbonyl (C=O) groups is 1. The lowest BCUT2D eigenvalue weighted by atomic mass is 9.91. The zero-order chi connectivity index (χ0) is 17.1. The summed E-state index contributed by atoms with van der Waals surface area (Å²) >= 11 is 0. The molecule has 1 amide bonds. The molecule has 1 heterocycles. The van der Waals surface area contributed by atoms with E-state index in [1.165, 1.54) is 5.69 Å². The van der Waals surface area contributed by atoms with Gasteiger partial charge in [-0.1, -0.05) is 37.3 Å². The highest BCUT2D eigenvalue weighted by molar-refractivity contribution is 5.94. The van der Waals surface area contributed by atoms with Gasteiger partial charge in [0.05, 0.1) is 0 Å². The van der Waals surface area contributed by atoms with Gasteiger partial charge in [-0.15, -0.1) is 0 Å². The predicted octanol–water partition coefficient (Wildman–Crippen LogP) is 2.16. The normalized spacial score (nSPS) is 16.7. The van der Waals surface area contributed by atoms with Crippen molar-refractivity contribution in [2.45, 2.75) is 38.8 Å². The van der Waals surface area contributed by atoms with Gasteiger partial charge >= 0.3 is 0 Å². The Kier molecular flexibility index (Phi) is 5.00. The van der Waals surface area contributed by atoms with Crippen LogP contribution in [0.15, 0.2) is 30.3 Å². The van der Waals surface area contributed by atoms with Crippen molar-refractivity contribution in [2.24, 2.45) is 7.05 Å². The maximum absolute atomic E-state index is 12.9. The van der Waals surface area contributed by atoms with Gasteiger partial charge in [0, 0.05) is 37.9 Å². The zero-order valence-electron chi connectivity index (χ0n) is 14.7. The number of nitrogens with one attached hydrogen (secondary N) is 1. The molecule has 3 rings (SSSR count). The van der Waals surface area contributed by atoms with Crippen LogP contribution in [-0.2, 0) is 26.4 Å². The Hall–Kier alpha value is -2.14. The Morgan fingerprint density at radius 1 is 1.38 bits per heavy atom. The molecule has 5 heteroatoms. The number of rotatable bonds is 5. The van der Waals surface area contributed by atoms with Crippen molar-refractivity contribution in [1.82, 2.24) is 20.0 Å². The van der Waals surface area contributed by atoms with Gasteiger partial charge in [0.25, 0.3) is 5.91 Å². The standard InChI is InChI=1S/C19H26N4O/c1-4-20-15-10-11-17-16(12-15)18(21-23(17)3)19(24)22(2)13-14-8-6-5-7-9-14/h5-9,15,20H,4,10-13H2,1-3H3. The van der Waals surface area contributed by atoms with E-state index in [1.807, 2.05) is 49.1 Å². The highest BCUT2D eigenvalue weighted by Crippen LogP contribution is 2.25. The number of benzene rings is 1. The average molecular weight is 326 g/mol. The molecule has 0 fully saturated rings. The Bertz CT molecular complexity index is 708. The minimum atomic E-state index is 0.00727. The zero-order valence-corrected chi connectivity index (χ0v) is 14.7. The number of fused-ring (bicyclic) bond motifs is 1. The molecule has 0 saturated carbocycles. The number of nitrogens with zero attached hydrogens (tertiary/aromatic N) is 3. The SMILES string of the molecule is CCNC1CCc2c(c(C(=O)N(C)Cc3ccccc3)nn2C)C1. The van der Waals surface area contributed by atoms with Gasteiger partial charge in [0.1, 0.15) is 0 Å². The van der Waals surface area contributed by atoms with Crippen LogP contribution in [-0.4, -0.2) is 40.2 Å². The van der Waals surface area contributed by atoms with E-state index >= 15 is 0 Å². The Balaban J connectivity index is 1.80.